The second kappa shape index (κ2) is 6.61. The number of carbonyl (C=O) groups excluding carboxylic acids is 1. The predicted octanol–water partition coefficient (Wildman–Crippen LogP) is 2.29. The first kappa shape index (κ1) is 15.4. The Labute approximate surface area is 125 Å². The molecular formula is C16H23N3O2. The average Bonchev–Trinajstić information content (AvgIpc) is 2.74. The van der Waals surface area contributed by atoms with Crippen molar-refractivity contribution in [2.45, 2.75) is 26.7 Å². The minimum atomic E-state index is 0.112. The van der Waals surface area contributed by atoms with Crippen LogP contribution in [0.4, 0.5) is 0 Å². The van der Waals surface area contributed by atoms with Gasteiger partial charge in [0.05, 0.1) is 13.3 Å². The molecular weight excluding hydrogens is 266 g/mol. The van der Waals surface area contributed by atoms with Gasteiger partial charge in [-0.15, -0.1) is 0 Å². The van der Waals surface area contributed by atoms with Crippen LogP contribution in [0.1, 0.15) is 25.8 Å². The molecule has 0 aliphatic rings. The van der Waals surface area contributed by atoms with Crippen LogP contribution in [0.25, 0.3) is 11.0 Å². The molecule has 0 fully saturated rings. The van der Waals surface area contributed by atoms with Crippen molar-refractivity contribution >= 4 is 16.9 Å². The largest absolute Gasteiger partial charge is 0.495 e. The number of ether oxygens (including phenoxy) is 1. The lowest BCUT2D eigenvalue weighted by atomic mass is 10.1. The number of methoxy groups -OCH3 is 1. The van der Waals surface area contributed by atoms with Gasteiger partial charge in [0.25, 0.3) is 0 Å². The van der Waals surface area contributed by atoms with Crippen molar-refractivity contribution in [1.82, 2.24) is 14.9 Å². The molecule has 21 heavy (non-hydrogen) atoms. The fraction of sp³-hybridized carbons (Fsp3) is 0.500. The van der Waals surface area contributed by atoms with Crippen molar-refractivity contribution in [3.63, 3.8) is 0 Å². The Morgan fingerprint density at radius 3 is 2.90 bits per heavy atom. The Balaban J connectivity index is 2.06. The van der Waals surface area contributed by atoms with Gasteiger partial charge in [-0.05, 0) is 24.0 Å². The number of aromatic nitrogens is 2. The van der Waals surface area contributed by atoms with E-state index in [1.165, 1.54) is 5.56 Å². The summed E-state index contributed by atoms with van der Waals surface area (Å²) in [5, 5.41) is 4.04. The molecule has 0 atom stereocenters. The van der Waals surface area contributed by atoms with Crippen LogP contribution in [-0.2, 0) is 18.3 Å². The van der Waals surface area contributed by atoms with Gasteiger partial charge in [-0.3, -0.25) is 4.79 Å². The predicted molar refractivity (Wildman–Crippen MR) is 83.4 cm³/mol. The highest BCUT2D eigenvalue weighted by atomic mass is 16.5. The number of rotatable bonds is 6. The first-order valence-corrected chi connectivity index (χ1v) is 7.26. The fourth-order valence-electron chi connectivity index (χ4n) is 2.41. The third-order valence-electron chi connectivity index (χ3n) is 3.42. The number of fused-ring (bicyclic) bond motifs is 1. The van der Waals surface area contributed by atoms with Gasteiger partial charge >= 0.3 is 0 Å². The van der Waals surface area contributed by atoms with Crippen LogP contribution in [0.5, 0.6) is 5.75 Å². The number of carbonyl (C=O) groups is 1. The molecule has 0 aliphatic carbocycles. The summed E-state index contributed by atoms with van der Waals surface area (Å²) in [6, 6.07) is 1.99. The SMILES string of the molecule is COc1cnc2c(c1)c(CCNC(=O)CC(C)C)cn2C. The molecule has 2 rings (SSSR count). The molecule has 5 nitrogen and oxygen atoms in total. The van der Waals surface area contributed by atoms with Crippen molar-refractivity contribution in [1.29, 1.82) is 0 Å². The minimum Gasteiger partial charge on any atom is -0.495 e. The van der Waals surface area contributed by atoms with Crippen molar-refractivity contribution in [2.24, 2.45) is 13.0 Å². The molecule has 0 aliphatic heterocycles. The van der Waals surface area contributed by atoms with E-state index in [1.807, 2.05) is 31.5 Å². The van der Waals surface area contributed by atoms with Gasteiger partial charge in [0.15, 0.2) is 0 Å². The molecule has 1 N–H and O–H groups in total. The molecule has 5 heteroatoms. The summed E-state index contributed by atoms with van der Waals surface area (Å²) in [5.41, 5.74) is 2.10. The van der Waals surface area contributed by atoms with Gasteiger partial charge in [0.1, 0.15) is 11.4 Å². The first-order valence-electron chi connectivity index (χ1n) is 7.26. The van der Waals surface area contributed by atoms with Crippen LogP contribution in [0.3, 0.4) is 0 Å². The van der Waals surface area contributed by atoms with E-state index in [4.69, 9.17) is 4.74 Å². The number of amides is 1. The quantitative estimate of drug-likeness (QED) is 0.887. The molecule has 0 aromatic carbocycles. The highest BCUT2D eigenvalue weighted by Gasteiger charge is 2.10. The highest BCUT2D eigenvalue weighted by molar-refractivity contribution is 5.82. The normalized spacial score (nSPS) is 11.1. The Morgan fingerprint density at radius 2 is 2.24 bits per heavy atom. The van der Waals surface area contributed by atoms with E-state index in [1.54, 1.807) is 13.3 Å². The maximum Gasteiger partial charge on any atom is 0.220 e. The van der Waals surface area contributed by atoms with E-state index in [0.29, 0.717) is 18.9 Å². The van der Waals surface area contributed by atoms with E-state index >= 15 is 0 Å². The molecule has 0 spiro atoms. The molecule has 0 unspecified atom stereocenters. The zero-order valence-corrected chi connectivity index (χ0v) is 13.1. The lowest BCUT2D eigenvalue weighted by molar-refractivity contribution is -0.121. The molecule has 1 amide bonds. The van der Waals surface area contributed by atoms with Crippen molar-refractivity contribution in [3.8, 4) is 5.75 Å². The maximum absolute atomic E-state index is 11.7. The zero-order valence-electron chi connectivity index (χ0n) is 13.1. The van der Waals surface area contributed by atoms with Crippen LogP contribution in [0, 0.1) is 5.92 Å². The standard InChI is InChI=1S/C16H23N3O2/c1-11(2)7-15(20)17-6-5-12-10-19(3)16-14(12)8-13(21-4)9-18-16/h8-11H,5-7H2,1-4H3,(H,17,20). The second-order valence-electron chi connectivity index (χ2n) is 5.71. The maximum atomic E-state index is 11.7. The summed E-state index contributed by atoms with van der Waals surface area (Å²) < 4.78 is 7.23. The number of hydrogen-bond acceptors (Lipinski definition) is 3. The number of nitrogens with one attached hydrogen (secondary N) is 1. The van der Waals surface area contributed by atoms with Crippen LogP contribution in [0.15, 0.2) is 18.5 Å². The van der Waals surface area contributed by atoms with Crippen LogP contribution in [0.2, 0.25) is 0 Å². The Hall–Kier alpha value is -2.04. The van der Waals surface area contributed by atoms with E-state index in [0.717, 1.165) is 23.2 Å². The molecule has 0 saturated carbocycles. The van der Waals surface area contributed by atoms with E-state index < -0.39 is 0 Å². The smallest absolute Gasteiger partial charge is 0.220 e. The van der Waals surface area contributed by atoms with E-state index in [2.05, 4.69) is 16.5 Å². The van der Waals surface area contributed by atoms with Gasteiger partial charge in [-0.1, -0.05) is 13.8 Å². The van der Waals surface area contributed by atoms with Gasteiger partial charge in [0, 0.05) is 31.6 Å². The lowest BCUT2D eigenvalue weighted by Gasteiger charge is -2.06. The van der Waals surface area contributed by atoms with Crippen molar-refractivity contribution in [2.75, 3.05) is 13.7 Å². The molecule has 0 bridgehead atoms. The number of pyridine rings is 1. The fourth-order valence-corrected chi connectivity index (χ4v) is 2.41. The molecule has 2 aromatic heterocycles. The number of aryl methyl sites for hydroxylation is 1. The molecule has 0 radical (unpaired) electrons. The highest BCUT2D eigenvalue weighted by Crippen LogP contribution is 2.23. The first-order chi connectivity index (χ1) is 10.0. The Morgan fingerprint density at radius 1 is 1.48 bits per heavy atom. The van der Waals surface area contributed by atoms with Gasteiger partial charge < -0.3 is 14.6 Å². The third-order valence-corrected chi connectivity index (χ3v) is 3.42. The second-order valence-corrected chi connectivity index (χ2v) is 5.71. The molecule has 2 aromatic rings. The number of nitrogens with zero attached hydrogens (tertiary/aromatic N) is 2. The summed E-state index contributed by atoms with van der Waals surface area (Å²) >= 11 is 0. The monoisotopic (exact) mass is 289 g/mol. The summed E-state index contributed by atoms with van der Waals surface area (Å²) in [7, 11) is 3.61. The summed E-state index contributed by atoms with van der Waals surface area (Å²) in [5.74, 6) is 1.25. The van der Waals surface area contributed by atoms with Crippen LogP contribution < -0.4 is 10.1 Å². The molecule has 114 valence electrons. The van der Waals surface area contributed by atoms with Crippen LogP contribution in [-0.4, -0.2) is 29.1 Å². The lowest BCUT2D eigenvalue weighted by Crippen LogP contribution is -2.26. The molecule has 0 saturated heterocycles. The van der Waals surface area contributed by atoms with Crippen molar-refractivity contribution < 1.29 is 9.53 Å². The minimum absolute atomic E-state index is 0.112. The van der Waals surface area contributed by atoms with Crippen LogP contribution >= 0.6 is 0 Å². The summed E-state index contributed by atoms with van der Waals surface area (Å²) in [6.07, 6.45) is 5.14. The van der Waals surface area contributed by atoms with Crippen molar-refractivity contribution in [3.05, 3.63) is 24.0 Å². The number of hydrogen-bond donors (Lipinski definition) is 1. The van der Waals surface area contributed by atoms with E-state index in [9.17, 15) is 4.79 Å². The summed E-state index contributed by atoms with van der Waals surface area (Å²) in [6.45, 7) is 4.73. The van der Waals surface area contributed by atoms with Gasteiger partial charge in [-0.2, -0.15) is 0 Å². The average molecular weight is 289 g/mol. The molecule has 2 heterocycles. The summed E-state index contributed by atoms with van der Waals surface area (Å²) in [4.78, 5) is 16.1. The Kier molecular flexibility index (Phi) is 4.83. The Bertz CT molecular complexity index is 632. The van der Waals surface area contributed by atoms with E-state index in [-0.39, 0.29) is 5.91 Å². The topological polar surface area (TPSA) is 56.1 Å². The third kappa shape index (κ3) is 3.74. The van der Waals surface area contributed by atoms with Gasteiger partial charge in [0.2, 0.25) is 5.91 Å². The van der Waals surface area contributed by atoms with Gasteiger partial charge in [-0.25, -0.2) is 4.98 Å². The zero-order chi connectivity index (χ0) is 15.4.